The molecule has 0 spiro atoms. The van der Waals surface area contributed by atoms with Crippen LogP contribution in [0, 0.1) is 0 Å². The fourth-order valence-electron chi connectivity index (χ4n) is 2.72. The van der Waals surface area contributed by atoms with E-state index in [0.29, 0.717) is 11.2 Å². The van der Waals surface area contributed by atoms with E-state index < -0.39 is 17.6 Å². The van der Waals surface area contributed by atoms with Gasteiger partial charge in [-0.05, 0) is 18.2 Å². The maximum atomic E-state index is 13.0. The van der Waals surface area contributed by atoms with Crippen molar-refractivity contribution in [2.24, 2.45) is 0 Å². The Morgan fingerprint density at radius 1 is 1.07 bits per heavy atom. The molecule has 2 N–H and O–H groups in total. The predicted molar refractivity (Wildman–Crippen MR) is 100.0 cm³/mol. The highest BCUT2D eigenvalue weighted by molar-refractivity contribution is 7.99. The van der Waals surface area contributed by atoms with E-state index in [2.05, 4.69) is 25.5 Å². The Bertz CT molecular complexity index is 1170. The zero-order valence-electron chi connectivity index (χ0n) is 14.1. The fraction of sp³-hybridized carbons (Fsp3) is 0.111. The van der Waals surface area contributed by atoms with E-state index in [-0.39, 0.29) is 16.6 Å². The smallest absolute Gasteiger partial charge is 0.338 e. The number of rotatable bonds is 4. The van der Waals surface area contributed by atoms with Gasteiger partial charge in [-0.15, -0.1) is 10.2 Å². The highest BCUT2D eigenvalue weighted by atomic mass is 32.2. The molecule has 0 bridgehead atoms. The van der Waals surface area contributed by atoms with Gasteiger partial charge in [0.15, 0.2) is 5.65 Å². The molecule has 0 fully saturated rings. The van der Waals surface area contributed by atoms with Gasteiger partial charge >= 0.3 is 6.18 Å². The number of thioether (sulfide) groups is 1. The molecule has 1 amide bonds. The van der Waals surface area contributed by atoms with Crippen molar-refractivity contribution >= 4 is 45.4 Å². The van der Waals surface area contributed by atoms with Crippen LogP contribution in [0.15, 0.2) is 53.7 Å². The molecule has 2 aromatic heterocycles. The van der Waals surface area contributed by atoms with Gasteiger partial charge in [0.2, 0.25) is 11.1 Å². The Balaban J connectivity index is 1.47. The number of halogens is 3. The van der Waals surface area contributed by atoms with E-state index in [9.17, 15) is 18.0 Å². The standard InChI is InChI=1S/C18H12F3N5OS/c19-18(20,21)11-6-2-4-8-13(11)22-14(27)9-28-17-24-16-15(25-26-17)10-5-1-3-7-12(10)23-16/h1-8H,9H2,(H,22,27)(H,23,24,26). The summed E-state index contributed by atoms with van der Waals surface area (Å²) in [6.07, 6.45) is -4.55. The Kier molecular flexibility index (Phi) is 4.63. The van der Waals surface area contributed by atoms with Crippen LogP contribution in [0.2, 0.25) is 0 Å². The Morgan fingerprint density at radius 3 is 2.64 bits per heavy atom. The molecule has 0 aliphatic rings. The minimum absolute atomic E-state index is 0.153. The van der Waals surface area contributed by atoms with E-state index in [1.807, 2.05) is 24.3 Å². The van der Waals surface area contributed by atoms with Crippen molar-refractivity contribution in [2.45, 2.75) is 11.3 Å². The molecule has 2 aromatic carbocycles. The summed E-state index contributed by atoms with van der Waals surface area (Å²) in [6, 6.07) is 12.4. The Morgan fingerprint density at radius 2 is 1.82 bits per heavy atom. The summed E-state index contributed by atoms with van der Waals surface area (Å²) >= 11 is 0.988. The molecule has 6 nitrogen and oxygen atoms in total. The number of aromatic nitrogens is 4. The van der Waals surface area contributed by atoms with Gasteiger partial charge in [0.1, 0.15) is 5.52 Å². The minimum atomic E-state index is -4.55. The molecule has 0 unspecified atom stereocenters. The first kappa shape index (κ1) is 18.2. The average molecular weight is 403 g/mol. The number of amides is 1. The molecule has 2 heterocycles. The quantitative estimate of drug-likeness (QED) is 0.498. The van der Waals surface area contributed by atoms with Crippen LogP contribution in [0.3, 0.4) is 0 Å². The van der Waals surface area contributed by atoms with Crippen LogP contribution < -0.4 is 5.32 Å². The van der Waals surface area contributed by atoms with Gasteiger partial charge in [-0.1, -0.05) is 42.1 Å². The number of nitrogens with one attached hydrogen (secondary N) is 2. The molecule has 4 rings (SSSR count). The first-order valence-electron chi connectivity index (χ1n) is 8.12. The van der Waals surface area contributed by atoms with Crippen molar-refractivity contribution in [3.8, 4) is 0 Å². The normalized spacial score (nSPS) is 11.8. The molecule has 10 heteroatoms. The van der Waals surface area contributed by atoms with Crippen LogP contribution in [0.4, 0.5) is 18.9 Å². The predicted octanol–water partition coefficient (Wildman–Crippen LogP) is 4.26. The summed E-state index contributed by atoms with van der Waals surface area (Å²) in [6.45, 7) is 0. The summed E-state index contributed by atoms with van der Waals surface area (Å²) in [5.74, 6) is -0.748. The van der Waals surface area contributed by atoms with Crippen LogP contribution >= 0.6 is 11.8 Å². The van der Waals surface area contributed by atoms with Crippen molar-refractivity contribution in [3.63, 3.8) is 0 Å². The summed E-state index contributed by atoms with van der Waals surface area (Å²) in [4.78, 5) is 19.5. The lowest BCUT2D eigenvalue weighted by Crippen LogP contribution is -2.18. The number of nitrogens with zero attached hydrogens (tertiary/aromatic N) is 3. The number of benzene rings is 2. The van der Waals surface area contributed by atoms with Gasteiger partial charge in [0.25, 0.3) is 0 Å². The van der Waals surface area contributed by atoms with Gasteiger partial charge in [-0.2, -0.15) is 13.2 Å². The van der Waals surface area contributed by atoms with E-state index >= 15 is 0 Å². The summed E-state index contributed by atoms with van der Waals surface area (Å²) < 4.78 is 39.0. The number of aromatic amines is 1. The average Bonchev–Trinajstić information content (AvgIpc) is 3.04. The van der Waals surface area contributed by atoms with E-state index in [4.69, 9.17) is 0 Å². The van der Waals surface area contributed by atoms with Crippen LogP contribution in [-0.4, -0.2) is 31.8 Å². The largest absolute Gasteiger partial charge is 0.418 e. The topological polar surface area (TPSA) is 83.6 Å². The summed E-state index contributed by atoms with van der Waals surface area (Å²) in [7, 11) is 0. The number of carbonyl (C=O) groups excluding carboxylic acids is 1. The molecular formula is C18H12F3N5OS. The SMILES string of the molecule is O=C(CSc1nnc2c(n1)[nH]c1ccccc12)Nc1ccccc1C(F)(F)F. The van der Waals surface area contributed by atoms with E-state index in [1.54, 1.807) is 0 Å². The number of H-pyrrole nitrogens is 1. The number of anilines is 1. The number of carbonyl (C=O) groups is 1. The molecule has 0 aliphatic carbocycles. The van der Waals surface area contributed by atoms with Crippen molar-refractivity contribution in [2.75, 3.05) is 11.1 Å². The van der Waals surface area contributed by atoms with Gasteiger partial charge in [0.05, 0.1) is 17.0 Å². The van der Waals surface area contributed by atoms with E-state index in [1.165, 1.54) is 18.2 Å². The van der Waals surface area contributed by atoms with Crippen molar-refractivity contribution in [1.29, 1.82) is 0 Å². The number of alkyl halides is 3. The number of hydrogen-bond acceptors (Lipinski definition) is 5. The van der Waals surface area contributed by atoms with Gasteiger partial charge in [-0.25, -0.2) is 4.98 Å². The molecule has 0 saturated carbocycles. The third-order valence-electron chi connectivity index (χ3n) is 3.94. The lowest BCUT2D eigenvalue weighted by atomic mass is 10.1. The molecule has 142 valence electrons. The molecule has 0 radical (unpaired) electrons. The van der Waals surface area contributed by atoms with Crippen LogP contribution in [0.1, 0.15) is 5.56 Å². The first-order chi connectivity index (χ1) is 13.4. The van der Waals surface area contributed by atoms with Crippen molar-refractivity contribution in [1.82, 2.24) is 20.2 Å². The van der Waals surface area contributed by atoms with Crippen LogP contribution in [-0.2, 0) is 11.0 Å². The molecule has 0 atom stereocenters. The Hall–Kier alpha value is -3.14. The zero-order valence-corrected chi connectivity index (χ0v) is 14.9. The second kappa shape index (κ2) is 7.12. The fourth-order valence-corrected chi connectivity index (χ4v) is 3.31. The molecular weight excluding hydrogens is 391 g/mol. The first-order valence-corrected chi connectivity index (χ1v) is 9.10. The van der Waals surface area contributed by atoms with Gasteiger partial charge in [0, 0.05) is 10.9 Å². The van der Waals surface area contributed by atoms with Gasteiger partial charge < -0.3 is 10.3 Å². The number of para-hydroxylation sites is 2. The minimum Gasteiger partial charge on any atom is -0.338 e. The van der Waals surface area contributed by atoms with Crippen LogP contribution in [0.25, 0.3) is 22.1 Å². The zero-order chi connectivity index (χ0) is 19.7. The summed E-state index contributed by atoms with van der Waals surface area (Å²) in [5, 5.41) is 11.5. The molecule has 0 saturated heterocycles. The molecule has 0 aliphatic heterocycles. The molecule has 4 aromatic rings. The lowest BCUT2D eigenvalue weighted by molar-refractivity contribution is -0.137. The highest BCUT2D eigenvalue weighted by Crippen LogP contribution is 2.34. The lowest BCUT2D eigenvalue weighted by Gasteiger charge is -2.13. The second-order valence-electron chi connectivity index (χ2n) is 5.84. The summed E-state index contributed by atoms with van der Waals surface area (Å²) in [5.41, 5.74) is 0.824. The number of hydrogen-bond donors (Lipinski definition) is 2. The monoisotopic (exact) mass is 403 g/mol. The number of fused-ring (bicyclic) bond motifs is 3. The van der Waals surface area contributed by atoms with Gasteiger partial charge in [-0.3, -0.25) is 4.79 Å². The second-order valence-corrected chi connectivity index (χ2v) is 6.78. The van der Waals surface area contributed by atoms with Crippen molar-refractivity contribution < 1.29 is 18.0 Å². The Labute approximate surface area is 160 Å². The van der Waals surface area contributed by atoms with Crippen LogP contribution in [0.5, 0.6) is 0 Å². The van der Waals surface area contributed by atoms with E-state index in [0.717, 1.165) is 28.7 Å². The highest BCUT2D eigenvalue weighted by Gasteiger charge is 2.33. The maximum Gasteiger partial charge on any atom is 0.418 e. The third kappa shape index (κ3) is 3.63. The molecule has 28 heavy (non-hydrogen) atoms. The maximum absolute atomic E-state index is 13.0. The van der Waals surface area contributed by atoms with Crippen molar-refractivity contribution in [3.05, 3.63) is 54.1 Å². The third-order valence-corrected chi connectivity index (χ3v) is 4.78.